The van der Waals surface area contributed by atoms with Crippen LogP contribution in [0.15, 0.2) is 59.7 Å². The summed E-state index contributed by atoms with van der Waals surface area (Å²) < 4.78 is 1.59. The van der Waals surface area contributed by atoms with Gasteiger partial charge in [-0.1, -0.05) is 31.2 Å². The van der Waals surface area contributed by atoms with Crippen molar-refractivity contribution < 1.29 is 0 Å². The van der Waals surface area contributed by atoms with Crippen molar-refractivity contribution in [1.29, 1.82) is 0 Å². The Morgan fingerprint density at radius 1 is 1.05 bits per heavy atom. The van der Waals surface area contributed by atoms with Crippen LogP contribution in [0.3, 0.4) is 0 Å². The molecule has 0 amide bonds. The smallest absolute Gasteiger partial charge is 0.265 e. The molecule has 3 rings (SSSR count). The van der Waals surface area contributed by atoms with Crippen molar-refractivity contribution in [2.24, 2.45) is 0 Å². The molecule has 3 aromatic rings. The average Bonchev–Trinajstić information content (AvgIpc) is 2.48. The van der Waals surface area contributed by atoms with Gasteiger partial charge in [-0.3, -0.25) is 9.36 Å². The maximum absolute atomic E-state index is 12.4. The van der Waals surface area contributed by atoms with Gasteiger partial charge in [0.15, 0.2) is 0 Å². The summed E-state index contributed by atoms with van der Waals surface area (Å²) in [7, 11) is 0. The summed E-state index contributed by atoms with van der Waals surface area (Å²) in [6.45, 7) is 2.11. The summed E-state index contributed by atoms with van der Waals surface area (Å²) >= 11 is 0. The summed E-state index contributed by atoms with van der Waals surface area (Å²) in [5.74, 6) is 0. The zero-order chi connectivity index (χ0) is 13.2. The summed E-state index contributed by atoms with van der Waals surface area (Å²) in [6.07, 6.45) is 2.58. The fraction of sp³-hybridized carbons (Fsp3) is 0.125. The van der Waals surface area contributed by atoms with Crippen molar-refractivity contribution in [3.8, 4) is 5.69 Å². The van der Waals surface area contributed by atoms with Crippen LogP contribution < -0.4 is 5.56 Å². The predicted octanol–water partition coefficient (Wildman–Crippen LogP) is 2.95. The van der Waals surface area contributed by atoms with Gasteiger partial charge in [0.1, 0.15) is 6.33 Å². The Balaban J connectivity index is 2.19. The third kappa shape index (κ3) is 2.03. The molecule has 0 fully saturated rings. The van der Waals surface area contributed by atoms with Crippen molar-refractivity contribution in [2.75, 3.05) is 0 Å². The van der Waals surface area contributed by atoms with Crippen LogP contribution in [0, 0.1) is 0 Å². The molecule has 2 aromatic carbocycles. The highest BCUT2D eigenvalue weighted by molar-refractivity contribution is 5.77. The molecule has 0 aliphatic rings. The molecular formula is C16H14N2O. The molecule has 0 aliphatic carbocycles. The zero-order valence-electron chi connectivity index (χ0n) is 10.7. The van der Waals surface area contributed by atoms with E-state index in [-0.39, 0.29) is 5.56 Å². The first kappa shape index (κ1) is 11.7. The quantitative estimate of drug-likeness (QED) is 0.701. The number of hydrogen-bond acceptors (Lipinski definition) is 2. The largest absolute Gasteiger partial charge is 0.268 e. The molecule has 3 nitrogen and oxygen atoms in total. The van der Waals surface area contributed by atoms with Crippen molar-refractivity contribution in [1.82, 2.24) is 9.55 Å². The first-order valence-electron chi connectivity index (χ1n) is 6.35. The minimum Gasteiger partial charge on any atom is -0.268 e. The van der Waals surface area contributed by atoms with Crippen LogP contribution in [0.4, 0.5) is 0 Å². The highest BCUT2D eigenvalue weighted by atomic mass is 16.1. The highest BCUT2D eigenvalue weighted by Crippen LogP contribution is 2.10. The number of para-hydroxylation sites is 1. The molecule has 0 saturated carbocycles. The van der Waals surface area contributed by atoms with Crippen LogP contribution in [0.25, 0.3) is 16.6 Å². The van der Waals surface area contributed by atoms with Crippen LogP contribution in [0.1, 0.15) is 12.5 Å². The van der Waals surface area contributed by atoms with E-state index in [4.69, 9.17) is 0 Å². The predicted molar refractivity (Wildman–Crippen MR) is 76.7 cm³/mol. The minimum absolute atomic E-state index is 0.0325. The van der Waals surface area contributed by atoms with Gasteiger partial charge in [0.05, 0.1) is 16.6 Å². The lowest BCUT2D eigenvalue weighted by Crippen LogP contribution is -2.18. The van der Waals surface area contributed by atoms with E-state index in [2.05, 4.69) is 11.9 Å². The number of aryl methyl sites for hydroxylation is 1. The standard InChI is InChI=1S/C16H14N2O/c1-2-12-7-9-13(10-8-12)18-11-17-15-6-4-3-5-14(15)16(18)19/h3-11H,2H2,1H3. The third-order valence-corrected chi connectivity index (χ3v) is 3.29. The molecule has 0 radical (unpaired) electrons. The van der Waals surface area contributed by atoms with Crippen molar-refractivity contribution >= 4 is 10.9 Å². The molecule has 0 aliphatic heterocycles. The Morgan fingerprint density at radius 2 is 1.79 bits per heavy atom. The van der Waals surface area contributed by atoms with E-state index in [0.717, 1.165) is 17.6 Å². The van der Waals surface area contributed by atoms with Gasteiger partial charge < -0.3 is 0 Å². The Bertz CT molecular complexity index is 773. The molecule has 0 N–H and O–H groups in total. The molecule has 0 atom stereocenters. The van der Waals surface area contributed by atoms with E-state index >= 15 is 0 Å². The number of benzene rings is 2. The average molecular weight is 250 g/mol. The molecule has 0 bridgehead atoms. The van der Waals surface area contributed by atoms with E-state index in [1.807, 2.05) is 48.5 Å². The Labute approximate surface area is 111 Å². The van der Waals surface area contributed by atoms with E-state index in [0.29, 0.717) is 5.39 Å². The summed E-state index contributed by atoms with van der Waals surface area (Å²) in [5.41, 5.74) is 2.80. The van der Waals surface area contributed by atoms with Crippen molar-refractivity contribution in [3.63, 3.8) is 0 Å². The highest BCUT2D eigenvalue weighted by Gasteiger charge is 2.04. The molecule has 1 heterocycles. The second-order valence-electron chi connectivity index (χ2n) is 4.46. The summed E-state index contributed by atoms with van der Waals surface area (Å²) in [5, 5.41) is 0.643. The number of hydrogen-bond donors (Lipinski definition) is 0. The summed E-state index contributed by atoms with van der Waals surface area (Å²) in [6, 6.07) is 15.4. The van der Waals surface area contributed by atoms with Gasteiger partial charge in [-0.15, -0.1) is 0 Å². The fourth-order valence-electron chi connectivity index (χ4n) is 2.15. The van der Waals surface area contributed by atoms with E-state index in [1.165, 1.54) is 5.56 Å². The molecule has 94 valence electrons. The van der Waals surface area contributed by atoms with Gasteiger partial charge in [0, 0.05) is 0 Å². The van der Waals surface area contributed by atoms with E-state index < -0.39 is 0 Å². The maximum Gasteiger partial charge on any atom is 0.265 e. The molecule has 1 aromatic heterocycles. The summed E-state index contributed by atoms with van der Waals surface area (Å²) in [4.78, 5) is 16.7. The topological polar surface area (TPSA) is 34.9 Å². The maximum atomic E-state index is 12.4. The van der Waals surface area contributed by atoms with E-state index in [1.54, 1.807) is 10.9 Å². The van der Waals surface area contributed by atoms with Crippen LogP contribution >= 0.6 is 0 Å². The third-order valence-electron chi connectivity index (χ3n) is 3.29. The lowest BCUT2D eigenvalue weighted by Gasteiger charge is -2.07. The van der Waals surface area contributed by atoms with Gasteiger partial charge >= 0.3 is 0 Å². The lowest BCUT2D eigenvalue weighted by molar-refractivity contribution is 0.960. The van der Waals surface area contributed by atoms with Crippen molar-refractivity contribution in [3.05, 3.63) is 70.8 Å². The number of fused-ring (bicyclic) bond motifs is 1. The van der Waals surface area contributed by atoms with Crippen LogP contribution in [-0.4, -0.2) is 9.55 Å². The monoisotopic (exact) mass is 250 g/mol. The first-order valence-corrected chi connectivity index (χ1v) is 6.35. The van der Waals surface area contributed by atoms with E-state index in [9.17, 15) is 4.79 Å². The Kier molecular flexibility index (Phi) is 2.88. The first-order chi connectivity index (χ1) is 9.29. The number of rotatable bonds is 2. The molecule has 3 heteroatoms. The second-order valence-corrected chi connectivity index (χ2v) is 4.46. The van der Waals surface area contributed by atoms with Gasteiger partial charge in [0.2, 0.25) is 0 Å². The zero-order valence-corrected chi connectivity index (χ0v) is 10.7. The van der Waals surface area contributed by atoms with Gasteiger partial charge in [-0.05, 0) is 36.2 Å². The van der Waals surface area contributed by atoms with Gasteiger partial charge in [-0.25, -0.2) is 4.98 Å². The van der Waals surface area contributed by atoms with Crippen molar-refractivity contribution in [2.45, 2.75) is 13.3 Å². The van der Waals surface area contributed by atoms with Gasteiger partial charge in [-0.2, -0.15) is 0 Å². The Morgan fingerprint density at radius 3 is 2.53 bits per heavy atom. The number of aromatic nitrogens is 2. The minimum atomic E-state index is -0.0325. The fourth-order valence-corrected chi connectivity index (χ4v) is 2.15. The SMILES string of the molecule is CCc1ccc(-n2cnc3ccccc3c2=O)cc1. The Hall–Kier alpha value is -2.42. The second kappa shape index (κ2) is 4.69. The van der Waals surface area contributed by atoms with Crippen LogP contribution in [-0.2, 0) is 6.42 Å². The molecule has 0 spiro atoms. The number of nitrogens with zero attached hydrogens (tertiary/aromatic N) is 2. The van der Waals surface area contributed by atoms with Crippen LogP contribution in [0.5, 0.6) is 0 Å². The molecule has 0 unspecified atom stereocenters. The lowest BCUT2D eigenvalue weighted by atomic mass is 10.1. The molecule has 19 heavy (non-hydrogen) atoms. The molecule has 0 saturated heterocycles. The molecular weight excluding hydrogens is 236 g/mol. The van der Waals surface area contributed by atoms with Crippen LogP contribution in [0.2, 0.25) is 0 Å². The van der Waals surface area contributed by atoms with Gasteiger partial charge in [0.25, 0.3) is 5.56 Å². The normalized spacial score (nSPS) is 10.8.